The van der Waals surface area contributed by atoms with Gasteiger partial charge in [-0.1, -0.05) is 13.8 Å². The molecule has 0 aliphatic rings. The Bertz CT molecular complexity index is 380. The lowest BCUT2D eigenvalue weighted by molar-refractivity contribution is 0.0870. The summed E-state index contributed by atoms with van der Waals surface area (Å²) in [6.45, 7) is 12.7. The van der Waals surface area contributed by atoms with Crippen molar-refractivity contribution in [2.45, 2.75) is 46.6 Å². The van der Waals surface area contributed by atoms with Crippen molar-refractivity contribution < 1.29 is 4.74 Å². The molecule has 5 heteroatoms. The van der Waals surface area contributed by atoms with E-state index in [1.165, 1.54) is 0 Å². The minimum absolute atomic E-state index is 0.258. The lowest BCUT2D eigenvalue weighted by Gasteiger charge is -2.17. The maximum absolute atomic E-state index is 5.52. The van der Waals surface area contributed by atoms with Crippen molar-refractivity contribution >= 4 is 11.6 Å². The monoisotopic (exact) mass is 266 g/mol. The van der Waals surface area contributed by atoms with Crippen LogP contribution >= 0.6 is 0 Å². The highest BCUT2D eigenvalue weighted by molar-refractivity contribution is 5.58. The van der Waals surface area contributed by atoms with E-state index in [2.05, 4.69) is 41.4 Å². The summed E-state index contributed by atoms with van der Waals surface area (Å²) in [5.41, 5.74) is 1.13. The van der Waals surface area contributed by atoms with E-state index in [1.54, 1.807) is 6.33 Å². The number of nitrogens with zero attached hydrogens (tertiary/aromatic N) is 2. The van der Waals surface area contributed by atoms with Gasteiger partial charge in [-0.05, 0) is 26.7 Å². The molecule has 0 radical (unpaired) electrons. The van der Waals surface area contributed by atoms with Crippen molar-refractivity contribution in [3.8, 4) is 0 Å². The molecule has 0 saturated heterocycles. The largest absolute Gasteiger partial charge is 0.377 e. The number of aromatic nitrogens is 2. The lowest BCUT2D eigenvalue weighted by atomic mass is 10.0. The number of hydrogen-bond acceptors (Lipinski definition) is 5. The van der Waals surface area contributed by atoms with Crippen LogP contribution in [0.3, 0.4) is 0 Å². The van der Waals surface area contributed by atoms with Gasteiger partial charge >= 0.3 is 0 Å². The molecule has 0 aliphatic heterocycles. The van der Waals surface area contributed by atoms with E-state index in [0.29, 0.717) is 12.5 Å². The van der Waals surface area contributed by atoms with Gasteiger partial charge in [0.1, 0.15) is 18.0 Å². The van der Waals surface area contributed by atoms with Crippen LogP contribution in [-0.4, -0.2) is 35.8 Å². The van der Waals surface area contributed by atoms with E-state index in [-0.39, 0.29) is 6.10 Å². The molecule has 19 heavy (non-hydrogen) atoms. The third-order valence-electron chi connectivity index (χ3n) is 2.65. The van der Waals surface area contributed by atoms with Crippen molar-refractivity contribution in [2.24, 2.45) is 0 Å². The van der Waals surface area contributed by atoms with Gasteiger partial charge in [0.2, 0.25) is 0 Å². The van der Waals surface area contributed by atoms with E-state index < -0.39 is 0 Å². The molecule has 2 N–H and O–H groups in total. The summed E-state index contributed by atoms with van der Waals surface area (Å²) in [5, 5.41) is 6.62. The molecule has 0 bridgehead atoms. The van der Waals surface area contributed by atoms with Crippen LogP contribution in [-0.2, 0) is 4.74 Å². The highest BCUT2D eigenvalue weighted by Crippen LogP contribution is 2.27. The minimum Gasteiger partial charge on any atom is -0.377 e. The van der Waals surface area contributed by atoms with Gasteiger partial charge in [-0.3, -0.25) is 0 Å². The molecule has 1 aromatic rings. The van der Waals surface area contributed by atoms with E-state index in [0.717, 1.165) is 30.3 Å². The fourth-order valence-corrected chi connectivity index (χ4v) is 1.86. The standard InChI is InChI=1S/C14H26N4O/c1-6-15-13-12(10(2)3)14(18-9-17-13)16-7-8-19-11(4)5/h9-11H,6-8H2,1-5H3,(H2,15,16,17,18). The van der Waals surface area contributed by atoms with Crippen LogP contribution in [0.2, 0.25) is 0 Å². The molecule has 0 spiro atoms. The molecule has 1 rings (SSSR count). The lowest BCUT2D eigenvalue weighted by Crippen LogP contribution is -2.16. The summed E-state index contributed by atoms with van der Waals surface area (Å²) in [6, 6.07) is 0. The van der Waals surface area contributed by atoms with Gasteiger partial charge in [-0.25, -0.2) is 9.97 Å². The van der Waals surface area contributed by atoms with Gasteiger partial charge in [0.05, 0.1) is 12.7 Å². The Hall–Kier alpha value is -1.36. The van der Waals surface area contributed by atoms with Gasteiger partial charge in [-0.15, -0.1) is 0 Å². The Morgan fingerprint density at radius 2 is 1.74 bits per heavy atom. The number of rotatable bonds is 8. The summed E-state index contributed by atoms with van der Waals surface area (Å²) in [4.78, 5) is 8.66. The quantitative estimate of drug-likeness (QED) is 0.709. The third-order valence-corrected chi connectivity index (χ3v) is 2.65. The first-order chi connectivity index (χ1) is 9.06. The van der Waals surface area contributed by atoms with E-state index in [9.17, 15) is 0 Å². The highest BCUT2D eigenvalue weighted by Gasteiger charge is 2.14. The Labute approximate surface area is 116 Å². The molecule has 1 aromatic heterocycles. The number of anilines is 2. The molecule has 108 valence electrons. The molecule has 5 nitrogen and oxygen atoms in total. The zero-order valence-electron chi connectivity index (χ0n) is 12.7. The fraction of sp³-hybridized carbons (Fsp3) is 0.714. The zero-order chi connectivity index (χ0) is 14.3. The molecule has 0 saturated carbocycles. The van der Waals surface area contributed by atoms with Crippen LogP contribution in [0, 0.1) is 0 Å². The molecule has 0 amide bonds. The van der Waals surface area contributed by atoms with Crippen LogP contribution in [0.1, 0.15) is 46.1 Å². The minimum atomic E-state index is 0.258. The predicted octanol–water partition coefficient (Wildman–Crippen LogP) is 2.87. The maximum atomic E-state index is 5.52. The van der Waals surface area contributed by atoms with Crippen molar-refractivity contribution in [3.05, 3.63) is 11.9 Å². The first kappa shape index (κ1) is 15.7. The molecular weight excluding hydrogens is 240 g/mol. The van der Waals surface area contributed by atoms with E-state index >= 15 is 0 Å². The molecule has 1 heterocycles. The second kappa shape index (κ2) is 7.94. The molecule has 0 unspecified atom stereocenters. The SMILES string of the molecule is CCNc1ncnc(NCCOC(C)C)c1C(C)C. The van der Waals surface area contributed by atoms with Crippen LogP contribution in [0.4, 0.5) is 11.6 Å². The first-order valence-corrected chi connectivity index (χ1v) is 7.00. The van der Waals surface area contributed by atoms with Crippen molar-refractivity contribution in [1.29, 1.82) is 0 Å². The van der Waals surface area contributed by atoms with Crippen molar-refractivity contribution in [3.63, 3.8) is 0 Å². The number of hydrogen-bond donors (Lipinski definition) is 2. The highest BCUT2D eigenvalue weighted by atomic mass is 16.5. The average molecular weight is 266 g/mol. The van der Waals surface area contributed by atoms with Crippen molar-refractivity contribution in [1.82, 2.24) is 9.97 Å². The molecular formula is C14H26N4O. The maximum Gasteiger partial charge on any atom is 0.135 e. The Morgan fingerprint density at radius 1 is 1.11 bits per heavy atom. The Kier molecular flexibility index (Phi) is 6.56. The second-order valence-corrected chi connectivity index (χ2v) is 5.02. The second-order valence-electron chi connectivity index (χ2n) is 5.02. The summed E-state index contributed by atoms with van der Waals surface area (Å²) in [6.07, 6.45) is 1.85. The topological polar surface area (TPSA) is 59.1 Å². The summed E-state index contributed by atoms with van der Waals surface area (Å²) >= 11 is 0. The van der Waals surface area contributed by atoms with Gasteiger partial charge in [0, 0.05) is 18.7 Å². The summed E-state index contributed by atoms with van der Waals surface area (Å²) in [7, 11) is 0. The van der Waals surface area contributed by atoms with Crippen LogP contribution < -0.4 is 10.6 Å². The zero-order valence-corrected chi connectivity index (χ0v) is 12.7. The van der Waals surface area contributed by atoms with Crippen LogP contribution in [0.25, 0.3) is 0 Å². The number of nitrogens with one attached hydrogen (secondary N) is 2. The summed E-state index contributed by atoms with van der Waals surface area (Å²) < 4.78 is 5.52. The molecule has 0 aromatic carbocycles. The van der Waals surface area contributed by atoms with Gasteiger partial charge in [0.25, 0.3) is 0 Å². The normalized spacial score (nSPS) is 11.1. The average Bonchev–Trinajstić information content (AvgIpc) is 2.34. The first-order valence-electron chi connectivity index (χ1n) is 7.00. The molecule has 0 aliphatic carbocycles. The fourth-order valence-electron chi connectivity index (χ4n) is 1.86. The predicted molar refractivity (Wildman–Crippen MR) is 79.9 cm³/mol. The Morgan fingerprint density at radius 3 is 2.26 bits per heavy atom. The van der Waals surface area contributed by atoms with Gasteiger partial charge < -0.3 is 15.4 Å². The summed E-state index contributed by atoms with van der Waals surface area (Å²) in [5.74, 6) is 2.18. The van der Waals surface area contributed by atoms with Gasteiger partial charge in [0.15, 0.2) is 0 Å². The molecule has 0 atom stereocenters. The van der Waals surface area contributed by atoms with E-state index in [4.69, 9.17) is 4.74 Å². The van der Waals surface area contributed by atoms with Crippen LogP contribution in [0.5, 0.6) is 0 Å². The van der Waals surface area contributed by atoms with Crippen LogP contribution in [0.15, 0.2) is 6.33 Å². The van der Waals surface area contributed by atoms with Crippen molar-refractivity contribution in [2.75, 3.05) is 30.3 Å². The number of ether oxygens (including phenoxy) is 1. The Balaban J connectivity index is 2.73. The van der Waals surface area contributed by atoms with Gasteiger partial charge in [-0.2, -0.15) is 0 Å². The molecule has 0 fully saturated rings. The van der Waals surface area contributed by atoms with E-state index in [1.807, 2.05) is 13.8 Å². The third kappa shape index (κ3) is 5.03. The smallest absolute Gasteiger partial charge is 0.135 e.